The van der Waals surface area contributed by atoms with Gasteiger partial charge in [0.25, 0.3) is 5.91 Å². The Morgan fingerprint density at radius 2 is 1.94 bits per heavy atom. The van der Waals surface area contributed by atoms with Crippen LogP contribution in [0.25, 0.3) is 0 Å². The van der Waals surface area contributed by atoms with Gasteiger partial charge in [-0.05, 0) is 55.3 Å². The summed E-state index contributed by atoms with van der Waals surface area (Å²) in [7, 11) is 1.60. The molecule has 1 aromatic heterocycles. The Morgan fingerprint density at radius 1 is 1.22 bits per heavy atom. The summed E-state index contributed by atoms with van der Waals surface area (Å²) in [5, 5.41) is 20.0. The number of aliphatic hydroxyl groups excluding tert-OH is 1. The Kier molecular flexibility index (Phi) is 6.57. The molecule has 8 nitrogen and oxygen atoms in total. The number of nitrogens with zero attached hydrogens (tertiary/aromatic N) is 3. The fourth-order valence-electron chi connectivity index (χ4n) is 3.66. The molecule has 3 aromatic rings. The maximum atomic E-state index is 13.4. The van der Waals surface area contributed by atoms with Crippen molar-refractivity contribution in [3.05, 3.63) is 75.7 Å². The van der Waals surface area contributed by atoms with Gasteiger partial charge in [-0.25, -0.2) is 4.68 Å². The molecular weight excluding hydrogens is 474 g/mol. The molecule has 1 aliphatic heterocycles. The van der Waals surface area contributed by atoms with E-state index in [1.54, 1.807) is 36.1 Å². The van der Waals surface area contributed by atoms with Crippen molar-refractivity contribution in [2.45, 2.75) is 25.8 Å². The molecule has 2 heterocycles. The Hall–Kier alpha value is -3.17. The predicted molar refractivity (Wildman–Crippen MR) is 126 cm³/mol. The molecule has 2 aromatic carbocycles. The topological polar surface area (TPSA) is 101 Å². The molecule has 9 heteroatoms. The van der Waals surface area contributed by atoms with Gasteiger partial charge in [-0.1, -0.05) is 28.1 Å². The highest BCUT2D eigenvalue weighted by molar-refractivity contribution is 9.10. The molecule has 1 aliphatic rings. The first kappa shape index (κ1) is 22.0. The van der Waals surface area contributed by atoms with E-state index < -0.39 is 6.04 Å². The van der Waals surface area contributed by atoms with E-state index in [-0.39, 0.29) is 12.5 Å². The van der Waals surface area contributed by atoms with Crippen molar-refractivity contribution in [2.75, 3.05) is 24.4 Å². The van der Waals surface area contributed by atoms with Gasteiger partial charge in [0, 0.05) is 28.9 Å². The van der Waals surface area contributed by atoms with E-state index in [1.807, 2.05) is 31.2 Å². The smallest absolute Gasteiger partial charge is 0.255 e. The molecule has 166 valence electrons. The summed E-state index contributed by atoms with van der Waals surface area (Å²) >= 11 is 3.47. The summed E-state index contributed by atoms with van der Waals surface area (Å²) in [6.07, 6.45) is 1.13. The second kappa shape index (κ2) is 9.54. The first-order chi connectivity index (χ1) is 15.5. The van der Waals surface area contributed by atoms with Gasteiger partial charge in [0.2, 0.25) is 5.95 Å². The highest BCUT2D eigenvalue weighted by atomic mass is 79.9. The SMILES string of the molecule is COc1ccc(NC(=O)C2=C(C)Nc3nc(CCCO)nn3C2c2ccc(Br)cc2)cc1. The normalized spacial score (nSPS) is 15.2. The highest BCUT2D eigenvalue weighted by Gasteiger charge is 2.34. The Morgan fingerprint density at radius 3 is 2.59 bits per heavy atom. The van der Waals surface area contributed by atoms with E-state index in [4.69, 9.17) is 9.84 Å². The average molecular weight is 498 g/mol. The van der Waals surface area contributed by atoms with Crippen molar-refractivity contribution in [2.24, 2.45) is 0 Å². The number of hydrogen-bond donors (Lipinski definition) is 3. The van der Waals surface area contributed by atoms with Crippen LogP contribution in [0.1, 0.15) is 30.8 Å². The monoisotopic (exact) mass is 497 g/mol. The molecular formula is C23H24BrN5O3. The molecule has 0 saturated carbocycles. The zero-order chi connectivity index (χ0) is 22.7. The number of hydrogen-bond acceptors (Lipinski definition) is 6. The van der Waals surface area contributed by atoms with Crippen LogP contribution in [0.2, 0.25) is 0 Å². The van der Waals surface area contributed by atoms with Gasteiger partial charge in [-0.2, -0.15) is 10.1 Å². The number of carbonyl (C=O) groups is 1. The van der Waals surface area contributed by atoms with Crippen LogP contribution in [0.3, 0.4) is 0 Å². The summed E-state index contributed by atoms with van der Waals surface area (Å²) < 4.78 is 7.88. The fourth-order valence-corrected chi connectivity index (χ4v) is 3.92. The van der Waals surface area contributed by atoms with E-state index in [2.05, 4.69) is 36.6 Å². The number of carbonyl (C=O) groups excluding carboxylic acids is 1. The highest BCUT2D eigenvalue weighted by Crippen LogP contribution is 2.36. The second-order valence-electron chi connectivity index (χ2n) is 7.42. The molecule has 0 aliphatic carbocycles. The van der Waals surface area contributed by atoms with Crippen molar-refractivity contribution in [1.82, 2.24) is 14.8 Å². The summed E-state index contributed by atoms with van der Waals surface area (Å²) in [6.45, 7) is 1.93. The van der Waals surface area contributed by atoms with Crippen molar-refractivity contribution in [3.8, 4) is 5.75 Å². The van der Waals surface area contributed by atoms with Gasteiger partial charge in [0.15, 0.2) is 5.82 Å². The van der Waals surface area contributed by atoms with Gasteiger partial charge < -0.3 is 20.5 Å². The van der Waals surface area contributed by atoms with Crippen LogP contribution in [-0.2, 0) is 11.2 Å². The number of aryl methyl sites for hydroxylation is 1. The number of amides is 1. The van der Waals surface area contributed by atoms with Gasteiger partial charge >= 0.3 is 0 Å². The number of halogens is 1. The van der Waals surface area contributed by atoms with Gasteiger partial charge in [0.1, 0.15) is 11.8 Å². The van der Waals surface area contributed by atoms with Gasteiger partial charge in [-0.15, -0.1) is 0 Å². The molecule has 0 fully saturated rings. The molecule has 0 bridgehead atoms. The van der Waals surface area contributed by atoms with Crippen LogP contribution in [0.15, 0.2) is 64.3 Å². The Balaban J connectivity index is 1.71. The zero-order valence-electron chi connectivity index (χ0n) is 17.8. The minimum Gasteiger partial charge on any atom is -0.497 e. The lowest BCUT2D eigenvalue weighted by atomic mass is 9.95. The summed E-state index contributed by atoms with van der Waals surface area (Å²) in [4.78, 5) is 18.0. The Bertz CT molecular complexity index is 1140. The third-order valence-electron chi connectivity index (χ3n) is 5.23. The molecule has 1 unspecified atom stereocenters. The first-order valence-electron chi connectivity index (χ1n) is 10.2. The predicted octanol–water partition coefficient (Wildman–Crippen LogP) is 3.90. The number of benzene rings is 2. The third kappa shape index (κ3) is 4.53. The molecule has 0 saturated heterocycles. The van der Waals surface area contributed by atoms with E-state index in [0.29, 0.717) is 47.3 Å². The molecule has 1 amide bonds. The molecule has 1 atom stereocenters. The van der Waals surface area contributed by atoms with Crippen LogP contribution in [0, 0.1) is 0 Å². The van der Waals surface area contributed by atoms with Crippen LogP contribution in [-0.4, -0.2) is 39.5 Å². The van der Waals surface area contributed by atoms with E-state index >= 15 is 0 Å². The van der Waals surface area contributed by atoms with Crippen LogP contribution >= 0.6 is 15.9 Å². The maximum absolute atomic E-state index is 13.4. The van der Waals surface area contributed by atoms with Crippen molar-refractivity contribution < 1.29 is 14.6 Å². The van der Waals surface area contributed by atoms with Crippen molar-refractivity contribution >= 4 is 33.5 Å². The van der Waals surface area contributed by atoms with Crippen molar-refractivity contribution in [3.63, 3.8) is 0 Å². The summed E-state index contributed by atoms with van der Waals surface area (Å²) in [6, 6.07) is 14.5. The Labute approximate surface area is 194 Å². The zero-order valence-corrected chi connectivity index (χ0v) is 19.4. The average Bonchev–Trinajstić information content (AvgIpc) is 3.20. The lowest BCUT2D eigenvalue weighted by molar-refractivity contribution is -0.113. The number of allylic oxidation sites excluding steroid dienone is 1. The lowest BCUT2D eigenvalue weighted by Crippen LogP contribution is -2.31. The van der Waals surface area contributed by atoms with E-state index in [9.17, 15) is 4.79 Å². The summed E-state index contributed by atoms with van der Waals surface area (Å²) in [5.41, 5.74) is 2.83. The maximum Gasteiger partial charge on any atom is 0.255 e. The van der Waals surface area contributed by atoms with Crippen LogP contribution in [0.5, 0.6) is 5.75 Å². The minimum absolute atomic E-state index is 0.0697. The van der Waals surface area contributed by atoms with Gasteiger partial charge in [-0.3, -0.25) is 4.79 Å². The molecule has 4 rings (SSSR count). The summed E-state index contributed by atoms with van der Waals surface area (Å²) in [5.74, 6) is 1.68. The van der Waals surface area contributed by atoms with Gasteiger partial charge in [0.05, 0.1) is 12.7 Å². The van der Waals surface area contributed by atoms with Crippen molar-refractivity contribution in [1.29, 1.82) is 0 Å². The first-order valence-corrected chi connectivity index (χ1v) is 11.0. The fraction of sp³-hybridized carbons (Fsp3) is 0.261. The number of aliphatic hydroxyl groups is 1. The number of nitrogens with one attached hydrogen (secondary N) is 2. The number of ether oxygens (including phenoxy) is 1. The third-order valence-corrected chi connectivity index (χ3v) is 5.76. The largest absolute Gasteiger partial charge is 0.497 e. The molecule has 32 heavy (non-hydrogen) atoms. The number of anilines is 2. The molecule has 3 N–H and O–H groups in total. The number of rotatable bonds is 7. The number of fused-ring (bicyclic) bond motifs is 1. The van der Waals surface area contributed by atoms with Crippen LogP contribution in [0.4, 0.5) is 11.6 Å². The van der Waals surface area contributed by atoms with Crippen LogP contribution < -0.4 is 15.4 Å². The minimum atomic E-state index is -0.451. The second-order valence-corrected chi connectivity index (χ2v) is 8.34. The lowest BCUT2D eigenvalue weighted by Gasteiger charge is -2.28. The standard InChI is InChI=1S/C23H24BrN5O3/c1-14-20(22(31)26-17-9-11-18(32-2)12-10-17)21(15-5-7-16(24)8-6-15)29-23(25-14)27-19(28-29)4-3-13-30/h5-12,21,30H,3-4,13H2,1-2H3,(H,26,31)(H,25,27,28). The number of methoxy groups -OCH3 is 1. The molecule has 0 radical (unpaired) electrons. The van der Waals surface area contributed by atoms with E-state index in [1.165, 1.54) is 0 Å². The molecule has 0 spiro atoms. The van der Waals surface area contributed by atoms with E-state index in [0.717, 1.165) is 10.0 Å². The quantitative estimate of drug-likeness (QED) is 0.457. The number of aromatic nitrogens is 3.